The van der Waals surface area contributed by atoms with Gasteiger partial charge in [0.05, 0.1) is 28.9 Å². The fourth-order valence-electron chi connectivity index (χ4n) is 4.99. The van der Waals surface area contributed by atoms with E-state index in [9.17, 15) is 13.6 Å². The van der Waals surface area contributed by atoms with Crippen molar-refractivity contribution >= 4 is 40.7 Å². The van der Waals surface area contributed by atoms with Crippen molar-refractivity contribution < 1.29 is 13.6 Å². The normalized spacial score (nSPS) is 18.3. The van der Waals surface area contributed by atoms with Gasteiger partial charge < -0.3 is 20.5 Å². The minimum Gasteiger partial charge on any atom is -0.382 e. The van der Waals surface area contributed by atoms with Crippen LogP contribution in [-0.4, -0.2) is 63.7 Å². The number of nitrogens with zero attached hydrogens (tertiary/aromatic N) is 5. The molecule has 0 aliphatic carbocycles. The highest BCUT2D eigenvalue weighted by molar-refractivity contribution is 6.31. The summed E-state index contributed by atoms with van der Waals surface area (Å²) in [7, 11) is 1.91. The summed E-state index contributed by atoms with van der Waals surface area (Å²) in [4.78, 5) is 27.8. The van der Waals surface area contributed by atoms with Crippen LogP contribution < -0.4 is 11.1 Å². The zero-order valence-electron chi connectivity index (χ0n) is 20.9. The molecule has 1 aliphatic rings. The number of pyridine rings is 1. The number of hydrogen-bond acceptors (Lipinski definition) is 5. The Kier molecular flexibility index (Phi) is 7.36. The largest absolute Gasteiger partial charge is 0.382 e. The molecule has 5 rings (SSSR count). The third-order valence-electron chi connectivity index (χ3n) is 6.64. The second-order valence-electron chi connectivity index (χ2n) is 9.39. The number of carbonyl (C=O) groups excluding carboxylic acids is 1. The summed E-state index contributed by atoms with van der Waals surface area (Å²) in [5.41, 5.74) is 7.68. The Labute approximate surface area is 227 Å². The highest BCUT2D eigenvalue weighted by atomic mass is 35.5. The van der Waals surface area contributed by atoms with Crippen molar-refractivity contribution in [3.63, 3.8) is 0 Å². The van der Waals surface area contributed by atoms with E-state index < -0.39 is 17.5 Å². The maximum atomic E-state index is 15.0. The van der Waals surface area contributed by atoms with E-state index >= 15 is 0 Å². The fraction of sp³-hybridized carbons (Fsp3) is 0.222. The minimum absolute atomic E-state index is 0.0570. The average Bonchev–Trinajstić information content (AvgIpc) is 3.28. The molecule has 0 unspecified atom stereocenters. The third kappa shape index (κ3) is 5.36. The summed E-state index contributed by atoms with van der Waals surface area (Å²) in [5, 5.41) is 10.4. The van der Waals surface area contributed by atoms with E-state index in [4.69, 9.17) is 27.7 Å². The van der Waals surface area contributed by atoms with Gasteiger partial charge >= 0.3 is 0 Å². The van der Waals surface area contributed by atoms with Gasteiger partial charge in [-0.15, -0.1) is 0 Å². The first kappa shape index (κ1) is 26.4. The Bertz CT molecular complexity index is 1600. The van der Waals surface area contributed by atoms with Gasteiger partial charge in [0, 0.05) is 24.2 Å². The predicted octanol–water partition coefficient (Wildman–Crippen LogP) is 4.02. The Morgan fingerprint density at radius 1 is 1.21 bits per heavy atom. The van der Waals surface area contributed by atoms with Gasteiger partial charge in [-0.1, -0.05) is 23.7 Å². The zero-order chi connectivity index (χ0) is 27.7. The number of rotatable bonds is 6. The van der Waals surface area contributed by atoms with Crippen LogP contribution in [-0.2, 0) is 0 Å². The first-order chi connectivity index (χ1) is 18.7. The molecular formula is C27H25ClF2N8O. The summed E-state index contributed by atoms with van der Waals surface area (Å²) in [5.74, 6) is -1.21. The van der Waals surface area contributed by atoms with Crippen molar-refractivity contribution in [2.45, 2.75) is 18.5 Å². The number of imidazole rings is 1. The van der Waals surface area contributed by atoms with Crippen LogP contribution in [0.15, 0.2) is 59.7 Å². The van der Waals surface area contributed by atoms with E-state index in [0.717, 1.165) is 12.4 Å². The number of halogens is 3. The SMILES string of the molecule is CN1C[C@H](NC(=O)c2cc(Cl)ccc2F)C[C@H](n2c(-c3ccccc3F)nc3cnc(C(N)=NC=N)cc32)C1. The molecule has 1 saturated heterocycles. The summed E-state index contributed by atoms with van der Waals surface area (Å²) in [6.45, 7) is 1.10. The molecule has 3 heterocycles. The number of aliphatic imine (C=N–C) groups is 1. The Morgan fingerprint density at radius 3 is 2.77 bits per heavy atom. The van der Waals surface area contributed by atoms with Crippen LogP contribution in [0.1, 0.15) is 28.5 Å². The molecule has 1 fully saturated rings. The van der Waals surface area contributed by atoms with E-state index in [1.54, 1.807) is 24.3 Å². The molecule has 200 valence electrons. The number of nitrogens with one attached hydrogen (secondary N) is 2. The number of likely N-dealkylation sites (tertiary alicyclic amines) is 1. The van der Waals surface area contributed by atoms with Crippen molar-refractivity contribution in [1.82, 2.24) is 24.8 Å². The number of benzene rings is 2. The van der Waals surface area contributed by atoms with Crippen LogP contribution in [0, 0.1) is 17.0 Å². The maximum absolute atomic E-state index is 15.0. The highest BCUT2D eigenvalue weighted by Gasteiger charge is 2.32. The number of nitrogens with two attached hydrogens (primary N) is 1. The van der Waals surface area contributed by atoms with Gasteiger partial charge in [-0.05, 0) is 49.9 Å². The summed E-state index contributed by atoms with van der Waals surface area (Å²) in [6.07, 6.45) is 2.83. The van der Waals surface area contributed by atoms with Crippen LogP contribution in [0.2, 0.25) is 5.02 Å². The first-order valence-corrected chi connectivity index (χ1v) is 12.5. The van der Waals surface area contributed by atoms with Gasteiger partial charge in [-0.2, -0.15) is 0 Å². The van der Waals surface area contributed by atoms with Crippen molar-refractivity contribution in [2.24, 2.45) is 10.7 Å². The van der Waals surface area contributed by atoms with Crippen LogP contribution >= 0.6 is 11.6 Å². The highest BCUT2D eigenvalue weighted by Crippen LogP contribution is 2.34. The lowest BCUT2D eigenvalue weighted by Crippen LogP contribution is -2.50. The Morgan fingerprint density at radius 2 is 2.00 bits per heavy atom. The zero-order valence-corrected chi connectivity index (χ0v) is 21.7. The van der Waals surface area contributed by atoms with Crippen LogP contribution in [0.5, 0.6) is 0 Å². The first-order valence-electron chi connectivity index (χ1n) is 12.1. The number of piperidine rings is 1. The van der Waals surface area contributed by atoms with Crippen molar-refractivity contribution in [3.8, 4) is 11.4 Å². The third-order valence-corrected chi connectivity index (χ3v) is 6.88. The van der Waals surface area contributed by atoms with E-state index in [1.165, 1.54) is 24.4 Å². The summed E-state index contributed by atoms with van der Waals surface area (Å²) >= 11 is 5.99. The van der Waals surface area contributed by atoms with Gasteiger partial charge in [-0.25, -0.2) is 18.8 Å². The van der Waals surface area contributed by atoms with E-state index in [0.29, 0.717) is 47.6 Å². The van der Waals surface area contributed by atoms with Crippen molar-refractivity contribution in [2.75, 3.05) is 20.1 Å². The van der Waals surface area contributed by atoms with Gasteiger partial charge in [0.1, 0.15) is 35.0 Å². The minimum atomic E-state index is -0.663. The molecule has 9 nitrogen and oxygen atoms in total. The lowest BCUT2D eigenvalue weighted by molar-refractivity contribution is 0.0890. The summed E-state index contributed by atoms with van der Waals surface area (Å²) < 4.78 is 31.3. The molecule has 4 aromatic rings. The molecule has 2 aromatic heterocycles. The number of amidine groups is 1. The van der Waals surface area contributed by atoms with Crippen LogP contribution in [0.4, 0.5) is 8.78 Å². The van der Waals surface area contributed by atoms with Gasteiger partial charge in [0.2, 0.25) is 0 Å². The molecule has 0 bridgehead atoms. The van der Waals surface area contributed by atoms with Crippen molar-refractivity contribution in [1.29, 1.82) is 5.41 Å². The van der Waals surface area contributed by atoms with Gasteiger partial charge in [0.25, 0.3) is 5.91 Å². The van der Waals surface area contributed by atoms with Gasteiger partial charge in [0.15, 0.2) is 5.84 Å². The molecule has 1 amide bonds. The average molecular weight is 551 g/mol. The molecule has 12 heteroatoms. The topological polar surface area (TPSA) is 125 Å². The van der Waals surface area contributed by atoms with Crippen LogP contribution in [0.25, 0.3) is 22.4 Å². The smallest absolute Gasteiger partial charge is 0.254 e. The number of aromatic nitrogens is 3. The summed E-state index contributed by atoms with van der Waals surface area (Å²) in [6, 6.07) is 11.3. The monoisotopic (exact) mass is 550 g/mol. The molecule has 4 N–H and O–H groups in total. The molecule has 0 spiro atoms. The lowest BCUT2D eigenvalue weighted by atomic mass is 9.99. The second kappa shape index (κ2) is 10.9. The van der Waals surface area contributed by atoms with Crippen LogP contribution in [0.3, 0.4) is 0 Å². The number of carbonyl (C=O) groups is 1. The molecule has 0 saturated carbocycles. The standard InChI is InChI=1S/C27H25ClF2N8O/c1-37-12-16(35-27(39)19-8-15(28)6-7-21(19)30)9-17(13-37)38-24-10-22(25(32)34-14-31)33-11-23(24)36-26(38)18-4-2-3-5-20(18)29/h2-8,10-11,14,16-17H,9,12-13H2,1H3,(H,35,39)(H3,31,32,34)/t16-,17+/m1/s1. The van der Waals surface area contributed by atoms with Crippen molar-refractivity contribution in [3.05, 3.63) is 82.6 Å². The number of likely N-dealkylation sites (N-methyl/N-ethyl adjacent to an activating group) is 1. The number of fused-ring (bicyclic) bond motifs is 1. The number of amides is 1. The molecular weight excluding hydrogens is 526 g/mol. The van der Waals surface area contributed by atoms with E-state index in [-0.39, 0.29) is 28.5 Å². The Hall–Kier alpha value is -4.22. The lowest BCUT2D eigenvalue weighted by Gasteiger charge is -2.37. The molecule has 2 aromatic carbocycles. The predicted molar refractivity (Wildman–Crippen MR) is 146 cm³/mol. The van der Waals surface area contributed by atoms with Gasteiger partial charge in [-0.3, -0.25) is 15.2 Å². The molecule has 39 heavy (non-hydrogen) atoms. The molecule has 2 atom stereocenters. The fourth-order valence-corrected chi connectivity index (χ4v) is 5.16. The molecule has 0 radical (unpaired) electrons. The number of hydrogen-bond donors (Lipinski definition) is 3. The van der Waals surface area contributed by atoms with E-state index in [1.807, 2.05) is 16.5 Å². The van der Waals surface area contributed by atoms with E-state index in [2.05, 4.69) is 15.3 Å². The second-order valence-corrected chi connectivity index (χ2v) is 9.83. The Balaban J connectivity index is 1.57. The quantitative estimate of drug-likeness (QED) is 0.247. The molecule has 1 aliphatic heterocycles. The maximum Gasteiger partial charge on any atom is 0.254 e.